The lowest BCUT2D eigenvalue weighted by molar-refractivity contribution is 0.0949. The molecule has 1 aromatic heterocycles. The molecule has 1 aliphatic heterocycles. The lowest BCUT2D eigenvalue weighted by atomic mass is 10.2. The molecule has 0 unspecified atom stereocenters. The van der Waals surface area contributed by atoms with E-state index in [2.05, 4.69) is 15.2 Å². The van der Waals surface area contributed by atoms with Crippen LogP contribution in [-0.2, 0) is 0 Å². The Morgan fingerprint density at radius 1 is 1.20 bits per heavy atom. The number of rotatable bonds is 7. The van der Waals surface area contributed by atoms with Crippen molar-refractivity contribution >= 4 is 23.4 Å². The summed E-state index contributed by atoms with van der Waals surface area (Å²) in [5.41, 5.74) is 1.54. The predicted octanol–water partition coefficient (Wildman–Crippen LogP) is 3.73. The van der Waals surface area contributed by atoms with Crippen LogP contribution in [0.5, 0.6) is 0 Å². The second-order valence-corrected chi connectivity index (χ2v) is 7.17. The monoisotopic (exact) mass is 359 g/mol. The smallest absolute Gasteiger partial charge is 0.269 e. The van der Waals surface area contributed by atoms with Crippen molar-refractivity contribution in [3.8, 4) is 0 Å². The Morgan fingerprint density at radius 2 is 1.96 bits per heavy atom. The minimum absolute atomic E-state index is 0.132. The van der Waals surface area contributed by atoms with E-state index in [9.17, 15) is 9.18 Å². The minimum atomic E-state index is -0.222. The van der Waals surface area contributed by atoms with Gasteiger partial charge >= 0.3 is 0 Å². The number of aromatic nitrogens is 1. The molecule has 25 heavy (non-hydrogen) atoms. The number of carbonyl (C=O) groups is 1. The van der Waals surface area contributed by atoms with Gasteiger partial charge in [-0.05, 0) is 61.4 Å². The molecule has 0 radical (unpaired) electrons. The zero-order valence-electron chi connectivity index (χ0n) is 14.1. The Labute approximate surface area is 151 Å². The van der Waals surface area contributed by atoms with Gasteiger partial charge in [0.2, 0.25) is 0 Å². The van der Waals surface area contributed by atoms with Crippen molar-refractivity contribution in [1.29, 1.82) is 0 Å². The number of pyridine rings is 1. The number of carbonyl (C=O) groups excluding carboxylic acids is 1. The van der Waals surface area contributed by atoms with Crippen molar-refractivity contribution in [2.24, 2.45) is 0 Å². The third kappa shape index (κ3) is 5.19. The molecule has 1 fully saturated rings. The van der Waals surface area contributed by atoms with Gasteiger partial charge in [0.25, 0.3) is 5.91 Å². The fourth-order valence-corrected chi connectivity index (χ4v) is 3.65. The van der Waals surface area contributed by atoms with E-state index in [0.717, 1.165) is 35.8 Å². The lowest BCUT2D eigenvalue weighted by Gasteiger charge is -2.17. The lowest BCUT2D eigenvalue weighted by Crippen LogP contribution is -2.26. The second kappa shape index (κ2) is 8.85. The van der Waals surface area contributed by atoms with Crippen LogP contribution in [-0.4, -0.2) is 36.3 Å². The number of nitrogens with one attached hydrogen (secondary N) is 1. The highest BCUT2D eigenvalue weighted by Gasteiger charge is 2.14. The van der Waals surface area contributed by atoms with Crippen LogP contribution in [0.3, 0.4) is 0 Å². The summed E-state index contributed by atoms with van der Waals surface area (Å²) in [6.45, 7) is 2.69. The topological polar surface area (TPSA) is 45.2 Å². The average molecular weight is 359 g/mol. The van der Waals surface area contributed by atoms with Gasteiger partial charge in [0.1, 0.15) is 11.5 Å². The largest absolute Gasteiger partial charge is 0.371 e. The fourth-order valence-electron chi connectivity index (χ4n) is 2.80. The van der Waals surface area contributed by atoms with Crippen LogP contribution in [0.1, 0.15) is 29.8 Å². The normalized spacial score (nSPS) is 13.9. The van der Waals surface area contributed by atoms with E-state index in [0.29, 0.717) is 12.2 Å². The second-order valence-electron chi connectivity index (χ2n) is 6.01. The van der Waals surface area contributed by atoms with Gasteiger partial charge in [0.15, 0.2) is 0 Å². The average Bonchev–Trinajstić information content (AvgIpc) is 3.18. The van der Waals surface area contributed by atoms with Gasteiger partial charge in [0.05, 0.1) is 0 Å². The first-order chi connectivity index (χ1) is 12.2. The summed E-state index contributed by atoms with van der Waals surface area (Å²) in [6.07, 6.45) is 4.96. The molecule has 1 aliphatic rings. The molecule has 6 heteroatoms. The maximum atomic E-state index is 12.8. The molecule has 4 nitrogen and oxygen atoms in total. The molecule has 1 amide bonds. The molecule has 2 heterocycles. The molecule has 132 valence electrons. The van der Waals surface area contributed by atoms with Gasteiger partial charge in [-0.2, -0.15) is 0 Å². The predicted molar refractivity (Wildman–Crippen MR) is 99.8 cm³/mol. The number of anilines is 1. The zero-order valence-corrected chi connectivity index (χ0v) is 14.9. The third-order valence-corrected chi connectivity index (χ3v) is 5.23. The van der Waals surface area contributed by atoms with Crippen molar-refractivity contribution in [3.05, 3.63) is 54.1 Å². The van der Waals surface area contributed by atoms with Crippen molar-refractivity contribution in [2.75, 3.05) is 30.3 Å². The van der Waals surface area contributed by atoms with E-state index < -0.39 is 0 Å². The van der Waals surface area contributed by atoms with E-state index in [1.54, 1.807) is 30.1 Å². The Bertz CT molecular complexity index is 702. The number of thioether (sulfide) groups is 1. The van der Waals surface area contributed by atoms with Crippen molar-refractivity contribution in [3.63, 3.8) is 0 Å². The SMILES string of the molecule is O=C(NCCCSc1ccc(F)cc1)c1cc(N2CCCC2)ccn1. The van der Waals surface area contributed by atoms with Crippen LogP contribution in [0.2, 0.25) is 0 Å². The summed E-state index contributed by atoms with van der Waals surface area (Å²) in [5, 5.41) is 2.92. The molecule has 0 bridgehead atoms. The van der Waals surface area contributed by atoms with Crippen molar-refractivity contribution < 1.29 is 9.18 Å². The van der Waals surface area contributed by atoms with Crippen LogP contribution in [0.15, 0.2) is 47.5 Å². The minimum Gasteiger partial charge on any atom is -0.371 e. The number of halogens is 1. The first-order valence-electron chi connectivity index (χ1n) is 8.60. The molecule has 1 N–H and O–H groups in total. The van der Waals surface area contributed by atoms with E-state index in [1.807, 2.05) is 12.1 Å². The summed E-state index contributed by atoms with van der Waals surface area (Å²) in [6, 6.07) is 10.3. The van der Waals surface area contributed by atoms with Crippen LogP contribution in [0, 0.1) is 5.82 Å². The highest BCUT2D eigenvalue weighted by molar-refractivity contribution is 7.99. The van der Waals surface area contributed by atoms with Gasteiger partial charge in [-0.3, -0.25) is 9.78 Å². The maximum absolute atomic E-state index is 12.8. The highest BCUT2D eigenvalue weighted by atomic mass is 32.2. The maximum Gasteiger partial charge on any atom is 0.269 e. The molecule has 1 aromatic carbocycles. The molecular formula is C19H22FN3OS. The molecule has 0 saturated carbocycles. The molecular weight excluding hydrogens is 337 g/mol. The van der Waals surface area contributed by atoms with E-state index >= 15 is 0 Å². The summed E-state index contributed by atoms with van der Waals surface area (Å²) in [7, 11) is 0. The standard InChI is InChI=1S/C19H22FN3OS/c20-15-4-6-17(7-5-15)25-13-3-9-22-19(24)18-14-16(8-10-21-18)23-11-1-2-12-23/h4-8,10,14H,1-3,9,11-13H2,(H,22,24). The van der Waals surface area contributed by atoms with Gasteiger partial charge in [-0.15, -0.1) is 11.8 Å². The van der Waals surface area contributed by atoms with E-state index in [-0.39, 0.29) is 11.7 Å². The van der Waals surface area contributed by atoms with Crippen molar-refractivity contribution in [1.82, 2.24) is 10.3 Å². The number of nitrogens with zero attached hydrogens (tertiary/aromatic N) is 2. The number of hydrogen-bond acceptors (Lipinski definition) is 4. The Kier molecular flexibility index (Phi) is 6.28. The molecule has 0 atom stereocenters. The summed E-state index contributed by atoms with van der Waals surface area (Å²) < 4.78 is 12.8. The Balaban J connectivity index is 1.41. The molecule has 3 rings (SSSR count). The van der Waals surface area contributed by atoms with Crippen LogP contribution in [0.25, 0.3) is 0 Å². The number of hydrogen-bond donors (Lipinski definition) is 1. The first-order valence-corrected chi connectivity index (χ1v) is 9.58. The third-order valence-electron chi connectivity index (χ3n) is 4.14. The highest BCUT2D eigenvalue weighted by Crippen LogP contribution is 2.20. The van der Waals surface area contributed by atoms with Crippen LogP contribution < -0.4 is 10.2 Å². The van der Waals surface area contributed by atoms with Gasteiger partial charge in [-0.1, -0.05) is 0 Å². The molecule has 0 spiro atoms. The molecule has 0 aliphatic carbocycles. The van der Waals surface area contributed by atoms with Crippen LogP contribution >= 0.6 is 11.8 Å². The van der Waals surface area contributed by atoms with Gasteiger partial charge < -0.3 is 10.2 Å². The molecule has 2 aromatic rings. The van der Waals surface area contributed by atoms with Gasteiger partial charge in [-0.25, -0.2) is 4.39 Å². The number of amides is 1. The molecule has 1 saturated heterocycles. The summed E-state index contributed by atoms with van der Waals surface area (Å²) >= 11 is 1.66. The quantitative estimate of drug-likeness (QED) is 0.604. The summed E-state index contributed by atoms with van der Waals surface area (Å²) in [5.74, 6) is 0.515. The number of benzene rings is 1. The fraction of sp³-hybridized carbons (Fsp3) is 0.368. The Hall–Kier alpha value is -2.08. The van der Waals surface area contributed by atoms with E-state index in [1.165, 1.54) is 25.0 Å². The van der Waals surface area contributed by atoms with Gasteiger partial charge in [0, 0.05) is 36.4 Å². The van der Waals surface area contributed by atoms with Crippen LogP contribution in [0.4, 0.5) is 10.1 Å². The Morgan fingerprint density at radius 3 is 2.72 bits per heavy atom. The first kappa shape index (κ1) is 17.7. The summed E-state index contributed by atoms with van der Waals surface area (Å²) in [4.78, 5) is 19.8. The zero-order chi connectivity index (χ0) is 17.5. The van der Waals surface area contributed by atoms with Crippen molar-refractivity contribution in [2.45, 2.75) is 24.2 Å². The van der Waals surface area contributed by atoms with E-state index in [4.69, 9.17) is 0 Å².